The number of carbonyl (C=O) groups excluding carboxylic acids is 1. The maximum Gasteiger partial charge on any atom is 0.240 e. The number of carbonyl (C=O) groups is 1. The average Bonchev–Trinajstić information content (AvgIpc) is 2.89. The molecule has 0 aromatic carbocycles. The Kier molecular flexibility index (Phi) is 7.41. The van der Waals surface area contributed by atoms with Gasteiger partial charge in [-0.15, -0.1) is 11.3 Å². The van der Waals surface area contributed by atoms with Crippen molar-refractivity contribution >= 4 is 23.2 Å². The lowest BCUT2D eigenvalue weighted by Gasteiger charge is -2.25. The van der Waals surface area contributed by atoms with E-state index in [0.29, 0.717) is 12.5 Å². The first-order valence-corrected chi connectivity index (χ1v) is 9.55. The molecule has 0 saturated carbocycles. The van der Waals surface area contributed by atoms with Crippen molar-refractivity contribution in [3.8, 4) is 0 Å². The van der Waals surface area contributed by atoms with Gasteiger partial charge in [-0.25, -0.2) is 9.98 Å². The number of guanidine groups is 1. The minimum Gasteiger partial charge on any atom is -0.357 e. The minimum absolute atomic E-state index is 0.0233. The van der Waals surface area contributed by atoms with Gasteiger partial charge in [-0.05, 0) is 27.7 Å². The Morgan fingerprint density at radius 2 is 1.92 bits per heavy atom. The molecule has 1 rings (SSSR count). The highest BCUT2D eigenvalue weighted by molar-refractivity contribution is 7.09. The van der Waals surface area contributed by atoms with Crippen LogP contribution >= 0.6 is 11.3 Å². The molecule has 1 aromatic heterocycles. The second kappa shape index (κ2) is 8.65. The molecule has 1 aromatic rings. The zero-order valence-corrected chi connectivity index (χ0v) is 17.7. The molecule has 0 saturated heterocycles. The van der Waals surface area contributed by atoms with Gasteiger partial charge in [0.05, 0.1) is 18.8 Å². The second-order valence-corrected chi connectivity index (χ2v) is 9.14. The first kappa shape index (κ1) is 21.4. The highest BCUT2D eigenvalue weighted by Crippen LogP contribution is 2.24. The standard InChI is InChI=1S/C18H33N5OS/c1-9-19-16(23(8)11-14(24)22-18(5,6)7)20-10-15-21-13(12-25-15)17(2,3)4/h12H,9-11H2,1-8H3,(H,19,20)(H,22,24). The Morgan fingerprint density at radius 1 is 1.28 bits per heavy atom. The molecule has 0 aliphatic heterocycles. The molecule has 0 atom stereocenters. The monoisotopic (exact) mass is 367 g/mol. The molecule has 0 unspecified atom stereocenters. The van der Waals surface area contributed by atoms with Crippen molar-refractivity contribution < 1.29 is 4.79 Å². The van der Waals surface area contributed by atoms with E-state index in [4.69, 9.17) is 0 Å². The molecule has 7 heteroatoms. The van der Waals surface area contributed by atoms with Crippen LogP contribution < -0.4 is 10.6 Å². The number of aromatic nitrogens is 1. The molecule has 6 nitrogen and oxygen atoms in total. The number of rotatable bonds is 5. The smallest absolute Gasteiger partial charge is 0.240 e. The molecule has 2 N–H and O–H groups in total. The van der Waals surface area contributed by atoms with E-state index in [9.17, 15) is 4.79 Å². The second-order valence-electron chi connectivity index (χ2n) is 8.20. The van der Waals surface area contributed by atoms with Gasteiger partial charge in [0.1, 0.15) is 5.01 Å². The van der Waals surface area contributed by atoms with Crippen molar-refractivity contribution in [2.24, 2.45) is 4.99 Å². The van der Waals surface area contributed by atoms with Gasteiger partial charge in [-0.3, -0.25) is 4.79 Å². The Hall–Kier alpha value is -1.63. The van der Waals surface area contributed by atoms with E-state index in [1.54, 1.807) is 11.3 Å². The number of nitrogens with one attached hydrogen (secondary N) is 2. The van der Waals surface area contributed by atoms with Crippen LogP contribution in [0.3, 0.4) is 0 Å². The van der Waals surface area contributed by atoms with Crippen molar-refractivity contribution in [2.45, 2.75) is 66.0 Å². The van der Waals surface area contributed by atoms with Gasteiger partial charge in [0.25, 0.3) is 0 Å². The summed E-state index contributed by atoms with van der Waals surface area (Å²) in [5.74, 6) is 0.684. The Balaban J connectivity index is 2.76. The SMILES string of the molecule is CCNC(=NCc1nc(C(C)(C)C)cs1)N(C)CC(=O)NC(C)(C)C. The number of hydrogen-bond donors (Lipinski definition) is 2. The summed E-state index contributed by atoms with van der Waals surface area (Å²) >= 11 is 1.63. The van der Waals surface area contributed by atoms with Gasteiger partial charge in [-0.1, -0.05) is 20.8 Å². The quantitative estimate of drug-likeness (QED) is 0.620. The van der Waals surface area contributed by atoms with E-state index < -0.39 is 0 Å². The van der Waals surface area contributed by atoms with Crippen LogP contribution in [-0.2, 0) is 16.8 Å². The number of aliphatic imine (C=N–C) groups is 1. The third-order valence-electron chi connectivity index (χ3n) is 3.28. The number of nitrogens with zero attached hydrogens (tertiary/aromatic N) is 3. The lowest BCUT2D eigenvalue weighted by Crippen LogP contribution is -2.48. The van der Waals surface area contributed by atoms with E-state index in [1.165, 1.54) is 0 Å². The van der Waals surface area contributed by atoms with Gasteiger partial charge >= 0.3 is 0 Å². The summed E-state index contributed by atoms with van der Waals surface area (Å²) in [5.41, 5.74) is 0.897. The van der Waals surface area contributed by atoms with E-state index in [1.807, 2.05) is 39.6 Å². The summed E-state index contributed by atoms with van der Waals surface area (Å²) in [5, 5.41) is 9.27. The maximum absolute atomic E-state index is 12.1. The summed E-state index contributed by atoms with van der Waals surface area (Å²) in [6.07, 6.45) is 0. The van der Waals surface area contributed by atoms with Crippen LogP contribution in [0.25, 0.3) is 0 Å². The summed E-state index contributed by atoms with van der Waals surface area (Å²) in [4.78, 5) is 23.3. The number of amides is 1. The first-order chi connectivity index (χ1) is 11.4. The van der Waals surface area contributed by atoms with E-state index in [2.05, 4.69) is 46.8 Å². The number of thiazole rings is 1. The predicted octanol–water partition coefficient (Wildman–Crippen LogP) is 2.75. The summed E-state index contributed by atoms with van der Waals surface area (Å²) < 4.78 is 0. The summed E-state index contributed by atoms with van der Waals surface area (Å²) in [7, 11) is 1.87. The lowest BCUT2D eigenvalue weighted by molar-refractivity contribution is -0.122. The van der Waals surface area contributed by atoms with E-state index in [-0.39, 0.29) is 23.4 Å². The van der Waals surface area contributed by atoms with Gasteiger partial charge in [0.15, 0.2) is 5.96 Å². The lowest BCUT2D eigenvalue weighted by atomic mass is 9.93. The predicted molar refractivity (Wildman–Crippen MR) is 106 cm³/mol. The van der Waals surface area contributed by atoms with Crippen LogP contribution in [-0.4, -0.2) is 47.4 Å². The molecule has 0 radical (unpaired) electrons. The van der Waals surface area contributed by atoms with Crippen molar-refractivity contribution in [1.82, 2.24) is 20.5 Å². The van der Waals surface area contributed by atoms with Gasteiger partial charge < -0.3 is 15.5 Å². The third kappa shape index (κ3) is 7.86. The first-order valence-electron chi connectivity index (χ1n) is 8.67. The largest absolute Gasteiger partial charge is 0.357 e. The fourth-order valence-corrected chi connectivity index (χ4v) is 3.03. The molecule has 0 bridgehead atoms. The average molecular weight is 368 g/mol. The Bertz CT molecular complexity index is 595. The van der Waals surface area contributed by atoms with Crippen molar-refractivity contribution in [3.05, 3.63) is 16.1 Å². The number of likely N-dealkylation sites (N-methyl/N-ethyl adjacent to an activating group) is 1. The van der Waals surface area contributed by atoms with Gasteiger partial charge in [0.2, 0.25) is 5.91 Å². The van der Waals surface area contributed by atoms with Crippen LogP contribution in [0.1, 0.15) is 59.2 Å². The Morgan fingerprint density at radius 3 is 2.40 bits per heavy atom. The fourth-order valence-electron chi connectivity index (χ4n) is 2.09. The highest BCUT2D eigenvalue weighted by atomic mass is 32.1. The molecular formula is C18H33N5OS. The topological polar surface area (TPSA) is 69.6 Å². The Labute approximate surface area is 156 Å². The van der Waals surface area contributed by atoms with Gasteiger partial charge in [-0.2, -0.15) is 0 Å². The fraction of sp³-hybridized carbons (Fsp3) is 0.722. The zero-order chi connectivity index (χ0) is 19.3. The molecule has 0 spiro atoms. The van der Waals surface area contributed by atoms with Crippen molar-refractivity contribution in [1.29, 1.82) is 0 Å². The van der Waals surface area contributed by atoms with Crippen molar-refractivity contribution in [2.75, 3.05) is 20.1 Å². The molecule has 25 heavy (non-hydrogen) atoms. The summed E-state index contributed by atoms with van der Waals surface area (Å²) in [6.45, 7) is 15.9. The molecule has 0 aliphatic rings. The molecular weight excluding hydrogens is 334 g/mol. The van der Waals surface area contributed by atoms with Crippen LogP contribution in [0, 0.1) is 0 Å². The van der Waals surface area contributed by atoms with Crippen LogP contribution in [0.15, 0.2) is 10.4 Å². The van der Waals surface area contributed by atoms with Crippen LogP contribution in [0.5, 0.6) is 0 Å². The molecule has 1 heterocycles. The van der Waals surface area contributed by atoms with E-state index >= 15 is 0 Å². The van der Waals surface area contributed by atoms with Gasteiger partial charge in [0, 0.05) is 29.9 Å². The highest BCUT2D eigenvalue weighted by Gasteiger charge is 2.18. The van der Waals surface area contributed by atoms with Crippen LogP contribution in [0.2, 0.25) is 0 Å². The van der Waals surface area contributed by atoms with E-state index in [0.717, 1.165) is 17.2 Å². The molecule has 0 fully saturated rings. The number of hydrogen-bond acceptors (Lipinski definition) is 4. The minimum atomic E-state index is -0.238. The zero-order valence-electron chi connectivity index (χ0n) is 16.9. The van der Waals surface area contributed by atoms with Crippen LogP contribution in [0.4, 0.5) is 0 Å². The molecule has 142 valence electrons. The molecule has 1 amide bonds. The molecule has 0 aliphatic carbocycles. The normalized spacial score (nSPS) is 12.9. The van der Waals surface area contributed by atoms with Crippen molar-refractivity contribution in [3.63, 3.8) is 0 Å². The maximum atomic E-state index is 12.1. The summed E-state index contributed by atoms with van der Waals surface area (Å²) in [6, 6.07) is 0. The third-order valence-corrected chi connectivity index (χ3v) is 4.11.